The summed E-state index contributed by atoms with van der Waals surface area (Å²) in [7, 11) is 0. The maximum Gasteiger partial charge on any atom is 0.262 e. The molecule has 0 saturated carbocycles. The molecular weight excluding hydrogens is 466 g/mol. The first-order chi connectivity index (χ1) is 14.2. The van der Waals surface area contributed by atoms with Crippen LogP contribution >= 0.6 is 27.3 Å². The summed E-state index contributed by atoms with van der Waals surface area (Å²) in [5, 5.41) is 15.1. The number of thiophene rings is 1. The van der Waals surface area contributed by atoms with Crippen molar-refractivity contribution in [3.8, 4) is 5.75 Å². The van der Waals surface area contributed by atoms with Crippen molar-refractivity contribution in [1.82, 2.24) is 14.9 Å². The quantitative estimate of drug-likeness (QED) is 0.556. The zero-order valence-electron chi connectivity index (χ0n) is 17.6. The van der Waals surface area contributed by atoms with Gasteiger partial charge in [-0.25, -0.2) is 4.98 Å². The predicted molar refractivity (Wildman–Crippen MR) is 126 cm³/mol. The Morgan fingerprint density at radius 2 is 2.13 bits per heavy atom. The first-order valence-corrected chi connectivity index (χ1v) is 12.1. The first-order valence-electron chi connectivity index (χ1n) is 10.4. The number of aryl methyl sites for hydroxylation is 1. The fourth-order valence-electron chi connectivity index (χ4n) is 3.76. The number of benzene rings is 1. The van der Waals surface area contributed by atoms with E-state index < -0.39 is 6.10 Å². The van der Waals surface area contributed by atoms with E-state index in [2.05, 4.69) is 42.0 Å². The van der Waals surface area contributed by atoms with Crippen LogP contribution in [0.2, 0.25) is 0 Å². The van der Waals surface area contributed by atoms with Crippen LogP contribution in [0.5, 0.6) is 5.75 Å². The molecule has 0 bridgehead atoms. The highest BCUT2D eigenvalue weighted by molar-refractivity contribution is 9.10. The number of hydrogen-bond acceptors (Lipinski definition) is 6. The maximum atomic E-state index is 13.3. The van der Waals surface area contributed by atoms with Crippen LogP contribution in [0.15, 0.2) is 21.4 Å². The predicted octanol–water partition coefficient (Wildman–Crippen LogP) is 4.23. The highest BCUT2D eigenvalue weighted by atomic mass is 79.9. The molecule has 1 aliphatic heterocycles. The Balaban J connectivity index is 1.70. The van der Waals surface area contributed by atoms with Gasteiger partial charge in [0.15, 0.2) is 5.75 Å². The number of halogens is 1. The molecule has 4 rings (SSSR count). The Bertz CT molecular complexity index is 1130. The van der Waals surface area contributed by atoms with E-state index in [-0.39, 0.29) is 17.7 Å². The largest absolute Gasteiger partial charge is 0.488 e. The van der Waals surface area contributed by atoms with Crippen molar-refractivity contribution in [3.05, 3.63) is 32.8 Å². The lowest BCUT2D eigenvalue weighted by Gasteiger charge is -2.23. The summed E-state index contributed by atoms with van der Waals surface area (Å²) in [5.74, 6) is 1.55. The van der Waals surface area contributed by atoms with Crippen LogP contribution in [-0.4, -0.2) is 39.5 Å². The minimum absolute atomic E-state index is 0.0471. The van der Waals surface area contributed by atoms with Crippen molar-refractivity contribution in [2.75, 3.05) is 13.2 Å². The summed E-state index contributed by atoms with van der Waals surface area (Å²) in [6.45, 7) is 7.52. The molecule has 0 aliphatic carbocycles. The van der Waals surface area contributed by atoms with Crippen LogP contribution in [0.25, 0.3) is 20.3 Å². The van der Waals surface area contributed by atoms with Crippen molar-refractivity contribution in [2.45, 2.75) is 64.6 Å². The van der Waals surface area contributed by atoms with E-state index in [0.29, 0.717) is 17.7 Å². The van der Waals surface area contributed by atoms with Crippen molar-refractivity contribution < 1.29 is 9.84 Å². The summed E-state index contributed by atoms with van der Waals surface area (Å²) in [6, 6.07) is 3.86. The lowest BCUT2D eigenvalue weighted by atomic mass is 10.1. The number of aromatic nitrogens is 2. The second-order valence-electron chi connectivity index (χ2n) is 8.93. The van der Waals surface area contributed by atoms with E-state index >= 15 is 0 Å². The Kier molecular flexibility index (Phi) is 6.21. The molecule has 0 radical (unpaired) electrons. The summed E-state index contributed by atoms with van der Waals surface area (Å²) in [6.07, 6.45) is 3.43. The third-order valence-corrected chi connectivity index (χ3v) is 7.04. The number of hydrogen-bond donors (Lipinski definition) is 2. The molecule has 3 heterocycles. The van der Waals surface area contributed by atoms with Gasteiger partial charge in [-0.3, -0.25) is 9.36 Å². The van der Waals surface area contributed by atoms with E-state index in [4.69, 9.17) is 9.72 Å². The smallest absolute Gasteiger partial charge is 0.262 e. The van der Waals surface area contributed by atoms with E-state index in [9.17, 15) is 9.90 Å². The third kappa shape index (κ3) is 4.42. The maximum absolute atomic E-state index is 13.3. The van der Waals surface area contributed by atoms with Crippen molar-refractivity contribution >= 4 is 47.6 Å². The summed E-state index contributed by atoms with van der Waals surface area (Å²) >= 11 is 5.06. The van der Waals surface area contributed by atoms with Gasteiger partial charge in [-0.05, 0) is 55.6 Å². The molecule has 0 amide bonds. The molecule has 6 nitrogen and oxygen atoms in total. The normalized spacial score (nSPS) is 15.9. The molecule has 162 valence electrons. The van der Waals surface area contributed by atoms with E-state index in [1.165, 1.54) is 11.3 Å². The molecule has 1 atom stereocenters. The number of aliphatic hydroxyl groups is 1. The number of nitrogens with zero attached hydrogens (tertiary/aromatic N) is 2. The molecule has 0 fully saturated rings. The van der Waals surface area contributed by atoms with Gasteiger partial charge in [-0.15, -0.1) is 11.3 Å². The van der Waals surface area contributed by atoms with Crippen LogP contribution in [0.1, 0.15) is 45.9 Å². The van der Waals surface area contributed by atoms with Crippen LogP contribution in [-0.2, 0) is 13.0 Å². The molecule has 8 heteroatoms. The first kappa shape index (κ1) is 21.7. The molecule has 3 aromatic rings. The topological polar surface area (TPSA) is 76.4 Å². The number of rotatable bonds is 5. The third-order valence-electron chi connectivity index (χ3n) is 5.32. The number of ether oxygens (including phenoxy) is 1. The number of aliphatic hydroxyl groups excluding tert-OH is 1. The Morgan fingerprint density at radius 1 is 1.33 bits per heavy atom. The second-order valence-corrected chi connectivity index (χ2v) is 10.8. The zero-order chi connectivity index (χ0) is 21.5. The summed E-state index contributed by atoms with van der Waals surface area (Å²) in [4.78, 5) is 18.9. The number of fused-ring (bicyclic) bond motifs is 4. The van der Waals surface area contributed by atoms with Crippen LogP contribution in [0, 0.1) is 0 Å². The van der Waals surface area contributed by atoms with Crippen LogP contribution in [0.3, 0.4) is 0 Å². The zero-order valence-corrected chi connectivity index (χ0v) is 20.0. The summed E-state index contributed by atoms with van der Waals surface area (Å²) in [5.41, 5.74) is -0.0235. The lowest BCUT2D eigenvalue weighted by Crippen LogP contribution is -2.42. The van der Waals surface area contributed by atoms with Crippen molar-refractivity contribution in [1.29, 1.82) is 0 Å². The highest BCUT2D eigenvalue weighted by Crippen LogP contribution is 2.41. The highest BCUT2D eigenvalue weighted by Gasteiger charge is 2.21. The Hall–Kier alpha value is -1.48. The van der Waals surface area contributed by atoms with Gasteiger partial charge in [0.05, 0.1) is 14.6 Å². The average molecular weight is 494 g/mol. The fourth-order valence-corrected chi connectivity index (χ4v) is 5.52. The molecule has 30 heavy (non-hydrogen) atoms. The number of β-amino-alcohol motifs (C(OH)–C–C–N with tert-alkyl or cyclic N) is 1. The SMILES string of the molecule is CC(C)(C)NCC(O)COc1c(Br)ccc2c1sc1nc3n(c(=O)c12)CCCCC3. The molecule has 0 saturated heterocycles. The van der Waals surface area contributed by atoms with E-state index in [0.717, 1.165) is 57.4 Å². The lowest BCUT2D eigenvalue weighted by molar-refractivity contribution is 0.101. The standard InChI is InChI=1S/C22H28BrN3O3S/c1-22(2,3)24-11-13(27)12-29-18-15(23)9-8-14-17-20(30-19(14)18)25-16-7-5-4-6-10-26(16)21(17)28/h8-9,13,24,27H,4-7,10-12H2,1-3H3. The number of nitrogens with one attached hydrogen (secondary N) is 1. The molecular formula is C22H28BrN3O3S. The van der Waals surface area contributed by atoms with Crippen molar-refractivity contribution in [2.24, 2.45) is 0 Å². The van der Waals surface area contributed by atoms with E-state index in [1.807, 2.05) is 16.7 Å². The monoisotopic (exact) mass is 493 g/mol. The molecule has 2 aromatic heterocycles. The van der Waals surface area contributed by atoms with E-state index in [1.54, 1.807) is 0 Å². The van der Waals surface area contributed by atoms with Gasteiger partial charge in [0.25, 0.3) is 5.56 Å². The van der Waals surface area contributed by atoms with Gasteiger partial charge in [0.1, 0.15) is 23.4 Å². The second kappa shape index (κ2) is 8.57. The molecule has 1 unspecified atom stereocenters. The minimum atomic E-state index is -0.638. The van der Waals surface area contributed by atoms with Gasteiger partial charge in [-0.1, -0.05) is 12.5 Å². The molecule has 2 N–H and O–H groups in total. The molecule has 1 aliphatic rings. The van der Waals surface area contributed by atoms with Crippen LogP contribution < -0.4 is 15.6 Å². The van der Waals surface area contributed by atoms with Gasteiger partial charge in [0.2, 0.25) is 0 Å². The van der Waals surface area contributed by atoms with Gasteiger partial charge < -0.3 is 15.2 Å². The van der Waals surface area contributed by atoms with Gasteiger partial charge in [-0.2, -0.15) is 0 Å². The summed E-state index contributed by atoms with van der Waals surface area (Å²) < 4.78 is 9.58. The van der Waals surface area contributed by atoms with Crippen LogP contribution in [0.4, 0.5) is 0 Å². The fraction of sp³-hybridized carbons (Fsp3) is 0.545. The molecule has 0 spiro atoms. The molecule has 1 aromatic carbocycles. The van der Waals surface area contributed by atoms with Gasteiger partial charge in [0, 0.05) is 30.4 Å². The Morgan fingerprint density at radius 3 is 2.90 bits per heavy atom. The van der Waals surface area contributed by atoms with Gasteiger partial charge >= 0.3 is 0 Å². The average Bonchev–Trinajstić information content (AvgIpc) is 2.88. The minimum Gasteiger partial charge on any atom is -0.488 e. The van der Waals surface area contributed by atoms with Crippen molar-refractivity contribution in [3.63, 3.8) is 0 Å². The Labute approximate surface area is 188 Å².